The first-order valence-corrected chi connectivity index (χ1v) is 9.88. The van der Waals surface area contributed by atoms with Crippen LogP contribution in [0.15, 0.2) is 24.3 Å². The number of H-pyrrole nitrogens is 1. The van der Waals surface area contributed by atoms with Crippen LogP contribution in [-0.2, 0) is 29.0 Å². The van der Waals surface area contributed by atoms with Crippen LogP contribution in [-0.4, -0.2) is 39.6 Å². The van der Waals surface area contributed by atoms with Crippen molar-refractivity contribution in [2.75, 3.05) is 6.54 Å². The molecule has 3 heterocycles. The van der Waals surface area contributed by atoms with Gasteiger partial charge in [-0.25, -0.2) is 0 Å². The van der Waals surface area contributed by atoms with Gasteiger partial charge >= 0.3 is 0 Å². The van der Waals surface area contributed by atoms with Crippen molar-refractivity contribution < 1.29 is 14.3 Å². The lowest BCUT2D eigenvalue weighted by atomic mass is 9.99. The van der Waals surface area contributed by atoms with Crippen molar-refractivity contribution >= 4 is 11.8 Å². The van der Waals surface area contributed by atoms with Crippen LogP contribution in [0, 0.1) is 0 Å². The molecule has 0 spiro atoms. The van der Waals surface area contributed by atoms with Crippen LogP contribution in [0.5, 0.6) is 0 Å². The van der Waals surface area contributed by atoms with Crippen LogP contribution >= 0.6 is 0 Å². The molecule has 0 radical (unpaired) electrons. The number of fused-ring (bicyclic) bond motifs is 1. The smallest absolute Gasteiger partial charge is 0.272 e. The predicted octanol–water partition coefficient (Wildman–Crippen LogP) is 2.48. The van der Waals surface area contributed by atoms with Gasteiger partial charge in [0, 0.05) is 38.0 Å². The van der Waals surface area contributed by atoms with Crippen LogP contribution < -0.4 is 5.32 Å². The van der Waals surface area contributed by atoms with Crippen molar-refractivity contribution in [3.63, 3.8) is 0 Å². The van der Waals surface area contributed by atoms with Gasteiger partial charge in [0.15, 0.2) is 5.69 Å². The molecule has 0 aliphatic carbocycles. The molecule has 2 aromatic rings. The fourth-order valence-corrected chi connectivity index (χ4v) is 4.08. The number of nitrogens with zero attached hydrogens (tertiary/aromatic N) is 2. The van der Waals surface area contributed by atoms with Gasteiger partial charge in [0.2, 0.25) is 5.91 Å². The van der Waals surface area contributed by atoms with E-state index in [0.29, 0.717) is 31.6 Å². The predicted molar refractivity (Wildman–Crippen MR) is 104 cm³/mol. The molecule has 1 aromatic heterocycles. The molecule has 2 aliphatic heterocycles. The summed E-state index contributed by atoms with van der Waals surface area (Å²) in [6.45, 7) is 5.76. The summed E-state index contributed by atoms with van der Waals surface area (Å²) in [5, 5.41) is 10.2. The topological polar surface area (TPSA) is 87.3 Å². The number of hydrogen-bond donors (Lipinski definition) is 2. The van der Waals surface area contributed by atoms with Crippen molar-refractivity contribution in [2.24, 2.45) is 0 Å². The van der Waals surface area contributed by atoms with Gasteiger partial charge in [-0.05, 0) is 31.4 Å². The number of aromatic nitrogens is 2. The maximum absolute atomic E-state index is 12.8. The largest absolute Gasteiger partial charge is 0.369 e. The molecule has 28 heavy (non-hydrogen) atoms. The van der Waals surface area contributed by atoms with Crippen molar-refractivity contribution in [3.8, 4) is 0 Å². The molecule has 1 aromatic carbocycles. The molecular weight excluding hydrogens is 356 g/mol. The van der Waals surface area contributed by atoms with Gasteiger partial charge in [0.25, 0.3) is 5.91 Å². The van der Waals surface area contributed by atoms with Crippen LogP contribution in [0.3, 0.4) is 0 Å². The fraction of sp³-hybridized carbons (Fsp3) is 0.476. The molecule has 148 valence electrons. The summed E-state index contributed by atoms with van der Waals surface area (Å²) < 4.78 is 5.79. The highest BCUT2D eigenvalue weighted by atomic mass is 16.5. The van der Waals surface area contributed by atoms with E-state index >= 15 is 0 Å². The van der Waals surface area contributed by atoms with Gasteiger partial charge in [0.1, 0.15) is 0 Å². The number of ether oxygens (including phenoxy) is 1. The van der Waals surface area contributed by atoms with Gasteiger partial charge in [-0.2, -0.15) is 5.10 Å². The van der Waals surface area contributed by atoms with Gasteiger partial charge in [-0.15, -0.1) is 0 Å². The number of hydrogen-bond acceptors (Lipinski definition) is 4. The second kappa shape index (κ2) is 7.75. The number of aromatic amines is 1. The first-order chi connectivity index (χ1) is 13.5. The van der Waals surface area contributed by atoms with E-state index < -0.39 is 0 Å². The SMILES string of the molecule is C[C@@H]1Cc2c(C(=O)NCc3ccccc3CN3CCCC3=O)n[nH]c2[C@H](C)O1. The minimum Gasteiger partial charge on any atom is -0.369 e. The molecule has 2 amide bonds. The Morgan fingerprint density at radius 2 is 2.11 bits per heavy atom. The van der Waals surface area contributed by atoms with E-state index in [4.69, 9.17) is 4.74 Å². The molecule has 2 aliphatic rings. The number of rotatable bonds is 5. The van der Waals surface area contributed by atoms with Crippen molar-refractivity contribution in [1.29, 1.82) is 0 Å². The van der Waals surface area contributed by atoms with E-state index in [2.05, 4.69) is 15.5 Å². The minimum atomic E-state index is -0.189. The molecule has 4 rings (SSSR count). The maximum Gasteiger partial charge on any atom is 0.272 e. The van der Waals surface area contributed by atoms with E-state index in [1.54, 1.807) is 0 Å². The summed E-state index contributed by atoms with van der Waals surface area (Å²) in [7, 11) is 0. The van der Waals surface area contributed by atoms with Crippen LogP contribution in [0.4, 0.5) is 0 Å². The Morgan fingerprint density at radius 3 is 2.86 bits per heavy atom. The van der Waals surface area contributed by atoms with Crippen LogP contribution in [0.2, 0.25) is 0 Å². The third-order valence-corrected chi connectivity index (χ3v) is 5.54. The van der Waals surface area contributed by atoms with Crippen molar-refractivity contribution in [2.45, 2.75) is 58.4 Å². The van der Waals surface area contributed by atoms with Gasteiger partial charge in [0.05, 0.1) is 17.9 Å². The van der Waals surface area contributed by atoms with Crippen molar-refractivity contribution in [1.82, 2.24) is 20.4 Å². The third kappa shape index (κ3) is 3.67. The molecule has 7 nitrogen and oxygen atoms in total. The average molecular weight is 382 g/mol. The lowest BCUT2D eigenvalue weighted by Gasteiger charge is -2.25. The molecule has 0 saturated carbocycles. The highest BCUT2D eigenvalue weighted by Gasteiger charge is 2.29. The minimum absolute atomic E-state index is 0.0605. The van der Waals surface area contributed by atoms with Crippen LogP contribution in [0.1, 0.15) is 65.7 Å². The molecule has 1 saturated heterocycles. The second-order valence-electron chi connectivity index (χ2n) is 7.63. The summed E-state index contributed by atoms with van der Waals surface area (Å²) in [5.74, 6) is 0.0123. The average Bonchev–Trinajstić information content (AvgIpc) is 3.27. The summed E-state index contributed by atoms with van der Waals surface area (Å²) in [6.07, 6.45) is 2.19. The quantitative estimate of drug-likeness (QED) is 0.832. The number of nitrogens with one attached hydrogen (secondary N) is 2. The highest BCUT2D eigenvalue weighted by Crippen LogP contribution is 2.30. The normalized spacial score (nSPS) is 21.6. The summed E-state index contributed by atoms with van der Waals surface area (Å²) in [6, 6.07) is 7.93. The molecule has 0 unspecified atom stereocenters. The molecule has 0 bridgehead atoms. The Morgan fingerprint density at radius 1 is 1.32 bits per heavy atom. The molecule has 1 fully saturated rings. The zero-order valence-corrected chi connectivity index (χ0v) is 16.3. The number of likely N-dealkylation sites (tertiary alicyclic amines) is 1. The summed E-state index contributed by atoms with van der Waals surface area (Å²) >= 11 is 0. The Labute approximate surface area is 164 Å². The van der Waals surface area contributed by atoms with E-state index in [0.717, 1.165) is 35.3 Å². The maximum atomic E-state index is 12.8. The number of amides is 2. The lowest BCUT2D eigenvalue weighted by molar-refractivity contribution is -0.128. The fourth-order valence-electron chi connectivity index (χ4n) is 4.08. The standard InChI is InChI=1S/C21H26N4O3/c1-13-10-17-19(14(2)28-13)23-24-20(17)21(27)22-11-15-6-3-4-7-16(15)12-25-9-5-8-18(25)26/h3-4,6-7,13-14H,5,8-12H2,1-2H3,(H,22,27)(H,23,24)/t13-,14+/m1/s1. The van der Waals surface area contributed by atoms with Gasteiger partial charge in [-0.3, -0.25) is 14.7 Å². The summed E-state index contributed by atoms with van der Waals surface area (Å²) in [4.78, 5) is 26.6. The monoisotopic (exact) mass is 382 g/mol. The zero-order valence-electron chi connectivity index (χ0n) is 16.3. The van der Waals surface area contributed by atoms with E-state index in [1.165, 1.54) is 0 Å². The number of carbonyl (C=O) groups excluding carboxylic acids is 2. The van der Waals surface area contributed by atoms with E-state index in [1.807, 2.05) is 43.0 Å². The Kier molecular flexibility index (Phi) is 5.17. The van der Waals surface area contributed by atoms with E-state index in [9.17, 15) is 9.59 Å². The summed E-state index contributed by atoms with van der Waals surface area (Å²) in [5.41, 5.74) is 4.36. The second-order valence-corrected chi connectivity index (χ2v) is 7.63. The first kappa shape index (κ1) is 18.7. The number of carbonyl (C=O) groups is 2. The molecule has 2 N–H and O–H groups in total. The Balaban J connectivity index is 1.46. The Hall–Kier alpha value is -2.67. The van der Waals surface area contributed by atoms with Gasteiger partial charge < -0.3 is 15.0 Å². The van der Waals surface area contributed by atoms with Gasteiger partial charge in [-0.1, -0.05) is 24.3 Å². The van der Waals surface area contributed by atoms with E-state index in [-0.39, 0.29) is 24.0 Å². The Bertz CT molecular complexity index is 892. The third-order valence-electron chi connectivity index (χ3n) is 5.54. The zero-order chi connectivity index (χ0) is 19.7. The molecular formula is C21H26N4O3. The lowest BCUT2D eigenvalue weighted by Crippen LogP contribution is -2.28. The van der Waals surface area contributed by atoms with Crippen molar-refractivity contribution in [3.05, 3.63) is 52.3 Å². The first-order valence-electron chi connectivity index (χ1n) is 9.88. The molecule has 7 heteroatoms. The van der Waals surface area contributed by atoms with Crippen LogP contribution in [0.25, 0.3) is 0 Å². The number of benzene rings is 1. The highest BCUT2D eigenvalue weighted by molar-refractivity contribution is 5.94. The molecule has 2 atom stereocenters.